The third-order valence-corrected chi connectivity index (χ3v) is 7.32. The quantitative estimate of drug-likeness (QED) is 0.454. The summed E-state index contributed by atoms with van der Waals surface area (Å²) in [5.41, 5.74) is 0.912. The number of nitrogens with one attached hydrogen (secondary N) is 1. The summed E-state index contributed by atoms with van der Waals surface area (Å²) in [4.78, 5) is 27.4. The maximum absolute atomic E-state index is 13.0. The number of aromatic hydroxyl groups is 2. The summed E-state index contributed by atoms with van der Waals surface area (Å²) in [5.74, 6) is 0.222. The van der Waals surface area contributed by atoms with E-state index in [-0.39, 0.29) is 52.9 Å². The second kappa shape index (κ2) is 11.9. The van der Waals surface area contributed by atoms with Crippen LogP contribution in [0.5, 0.6) is 11.5 Å². The van der Waals surface area contributed by atoms with Crippen molar-refractivity contribution in [2.45, 2.75) is 90.7 Å². The van der Waals surface area contributed by atoms with Gasteiger partial charge in [0.15, 0.2) is 0 Å². The van der Waals surface area contributed by atoms with Crippen LogP contribution in [0, 0.1) is 11.8 Å². The lowest BCUT2D eigenvalue weighted by molar-refractivity contribution is -0.152. The molecule has 1 amide bonds. The molecule has 3 N–H and O–H groups in total. The maximum Gasteiger partial charge on any atom is 0.323 e. The number of piperidine rings is 1. The van der Waals surface area contributed by atoms with Crippen molar-refractivity contribution in [1.29, 1.82) is 0 Å². The van der Waals surface area contributed by atoms with Crippen molar-refractivity contribution in [3.63, 3.8) is 0 Å². The highest BCUT2D eigenvalue weighted by atomic mass is 16.5. The highest BCUT2D eigenvalue weighted by Gasteiger charge is 2.29. The third-order valence-electron chi connectivity index (χ3n) is 7.32. The van der Waals surface area contributed by atoms with E-state index in [1.807, 2.05) is 27.7 Å². The van der Waals surface area contributed by atoms with Crippen molar-refractivity contribution in [2.24, 2.45) is 11.8 Å². The molecule has 0 bridgehead atoms. The van der Waals surface area contributed by atoms with Crippen LogP contribution in [-0.4, -0.2) is 58.8 Å². The molecule has 1 aliphatic heterocycles. The lowest BCUT2D eigenvalue weighted by atomic mass is 9.92. The van der Waals surface area contributed by atoms with E-state index in [9.17, 15) is 19.8 Å². The summed E-state index contributed by atoms with van der Waals surface area (Å²) in [6, 6.07) is 2.60. The number of benzene rings is 1. The molecule has 34 heavy (non-hydrogen) atoms. The summed E-state index contributed by atoms with van der Waals surface area (Å²) in [7, 11) is 0. The molecule has 0 radical (unpaired) electrons. The molecule has 0 spiro atoms. The molecule has 3 rings (SSSR count). The second-order valence-electron chi connectivity index (χ2n) is 10.6. The Kier molecular flexibility index (Phi) is 9.23. The lowest BCUT2D eigenvalue weighted by Gasteiger charge is -2.33. The number of ether oxygens (including phenoxy) is 1. The SMILES string of the molecule is CC(C)c1cc(C(=O)N2CCC(CCN[C@H](C(=O)OC3CCCC3)C(C)C)CC2)c(O)cc1O. The largest absolute Gasteiger partial charge is 0.508 e. The Bertz CT molecular complexity index is 840. The molecule has 1 saturated heterocycles. The number of carbonyl (C=O) groups excluding carboxylic acids is 2. The van der Waals surface area contributed by atoms with Crippen LogP contribution in [-0.2, 0) is 9.53 Å². The molecule has 0 aromatic heterocycles. The number of phenols is 2. The molecule has 7 nitrogen and oxygen atoms in total. The molecule has 1 heterocycles. The fourth-order valence-corrected chi connectivity index (χ4v) is 5.10. The van der Waals surface area contributed by atoms with E-state index in [1.165, 1.54) is 6.07 Å². The Morgan fingerprint density at radius 2 is 1.68 bits per heavy atom. The van der Waals surface area contributed by atoms with Gasteiger partial charge in [-0.05, 0) is 80.9 Å². The first-order chi connectivity index (χ1) is 16.2. The molecule has 1 aromatic carbocycles. The zero-order chi connectivity index (χ0) is 24.8. The lowest BCUT2D eigenvalue weighted by Crippen LogP contribution is -2.44. The summed E-state index contributed by atoms with van der Waals surface area (Å²) in [6.07, 6.45) is 7.06. The van der Waals surface area contributed by atoms with Gasteiger partial charge in [-0.25, -0.2) is 0 Å². The van der Waals surface area contributed by atoms with Gasteiger partial charge < -0.3 is 25.2 Å². The van der Waals surface area contributed by atoms with Crippen LogP contribution >= 0.6 is 0 Å². The number of rotatable bonds is 9. The highest BCUT2D eigenvalue weighted by Crippen LogP contribution is 2.33. The van der Waals surface area contributed by atoms with Gasteiger partial charge in [0.25, 0.3) is 5.91 Å². The van der Waals surface area contributed by atoms with Crippen molar-refractivity contribution in [1.82, 2.24) is 10.2 Å². The number of nitrogens with zero attached hydrogens (tertiary/aromatic N) is 1. The Hall–Kier alpha value is -2.28. The van der Waals surface area contributed by atoms with Crippen molar-refractivity contribution >= 4 is 11.9 Å². The zero-order valence-corrected chi connectivity index (χ0v) is 21.2. The minimum absolute atomic E-state index is 0.0158. The molecule has 2 aliphatic rings. The van der Waals surface area contributed by atoms with E-state index in [0.29, 0.717) is 24.6 Å². The molecule has 1 aliphatic carbocycles. The van der Waals surface area contributed by atoms with Crippen molar-refractivity contribution in [3.8, 4) is 11.5 Å². The Balaban J connectivity index is 1.47. The molecule has 1 aromatic rings. The first-order valence-electron chi connectivity index (χ1n) is 13.0. The summed E-state index contributed by atoms with van der Waals surface area (Å²) < 4.78 is 5.72. The van der Waals surface area contributed by atoms with E-state index in [1.54, 1.807) is 11.0 Å². The topological polar surface area (TPSA) is 99.1 Å². The Labute approximate surface area is 203 Å². The van der Waals surface area contributed by atoms with E-state index in [0.717, 1.165) is 51.5 Å². The molecule has 2 fully saturated rings. The first kappa shape index (κ1) is 26.3. The fourth-order valence-electron chi connectivity index (χ4n) is 5.10. The number of likely N-dealkylation sites (tertiary alicyclic amines) is 1. The van der Waals surface area contributed by atoms with Crippen LogP contribution in [0.25, 0.3) is 0 Å². The maximum atomic E-state index is 13.0. The van der Waals surface area contributed by atoms with Gasteiger partial charge in [0.2, 0.25) is 0 Å². The number of hydrogen-bond donors (Lipinski definition) is 3. The molecule has 0 unspecified atom stereocenters. The van der Waals surface area contributed by atoms with Crippen molar-refractivity contribution in [3.05, 3.63) is 23.3 Å². The molecule has 190 valence electrons. The van der Waals surface area contributed by atoms with Crippen LogP contribution in [0.15, 0.2) is 12.1 Å². The average Bonchev–Trinajstić information content (AvgIpc) is 3.29. The molecule has 1 saturated carbocycles. The Morgan fingerprint density at radius 1 is 1.03 bits per heavy atom. The van der Waals surface area contributed by atoms with Gasteiger partial charge in [-0.1, -0.05) is 27.7 Å². The van der Waals surface area contributed by atoms with E-state index in [2.05, 4.69) is 5.32 Å². The monoisotopic (exact) mass is 474 g/mol. The zero-order valence-electron chi connectivity index (χ0n) is 21.2. The second-order valence-corrected chi connectivity index (χ2v) is 10.6. The molecular formula is C27H42N2O5. The summed E-state index contributed by atoms with van der Waals surface area (Å²) in [5, 5.41) is 23.7. The number of amides is 1. The van der Waals surface area contributed by atoms with Gasteiger partial charge in [-0.15, -0.1) is 0 Å². The van der Waals surface area contributed by atoms with E-state index >= 15 is 0 Å². The number of esters is 1. The summed E-state index contributed by atoms with van der Waals surface area (Å²) >= 11 is 0. The molecule has 1 atom stereocenters. The van der Waals surface area contributed by atoms with Gasteiger partial charge in [0, 0.05) is 19.2 Å². The number of phenolic OH excluding ortho intramolecular Hbond substituents is 2. The van der Waals surface area contributed by atoms with Crippen molar-refractivity contribution < 1.29 is 24.5 Å². The van der Waals surface area contributed by atoms with Gasteiger partial charge in [0.1, 0.15) is 23.6 Å². The fraction of sp³-hybridized carbons (Fsp3) is 0.704. The van der Waals surface area contributed by atoms with Crippen LogP contribution < -0.4 is 5.32 Å². The first-order valence-corrected chi connectivity index (χ1v) is 13.0. The minimum atomic E-state index is -0.283. The normalized spacial score (nSPS) is 18.6. The van der Waals surface area contributed by atoms with Gasteiger partial charge in [-0.2, -0.15) is 0 Å². The van der Waals surface area contributed by atoms with Crippen LogP contribution in [0.4, 0.5) is 0 Å². The third kappa shape index (κ3) is 6.65. The van der Waals surface area contributed by atoms with Crippen molar-refractivity contribution in [2.75, 3.05) is 19.6 Å². The molecular weight excluding hydrogens is 432 g/mol. The number of hydrogen-bond acceptors (Lipinski definition) is 6. The van der Waals surface area contributed by atoms with E-state index in [4.69, 9.17) is 4.74 Å². The predicted octanol–water partition coefficient (Wildman–Crippen LogP) is 4.56. The predicted molar refractivity (Wildman–Crippen MR) is 132 cm³/mol. The van der Waals surface area contributed by atoms with Crippen LogP contribution in [0.3, 0.4) is 0 Å². The van der Waals surface area contributed by atoms with Crippen LogP contribution in [0.1, 0.15) is 94.5 Å². The molecule has 7 heteroatoms. The summed E-state index contributed by atoms with van der Waals surface area (Å²) in [6.45, 7) is 9.99. The van der Waals surface area contributed by atoms with E-state index < -0.39 is 0 Å². The number of carbonyl (C=O) groups is 2. The van der Waals surface area contributed by atoms with Crippen LogP contribution in [0.2, 0.25) is 0 Å². The van der Waals surface area contributed by atoms with Gasteiger partial charge in [-0.3, -0.25) is 9.59 Å². The van der Waals surface area contributed by atoms with Gasteiger partial charge >= 0.3 is 5.97 Å². The van der Waals surface area contributed by atoms with Gasteiger partial charge in [0.05, 0.1) is 5.56 Å². The average molecular weight is 475 g/mol. The Morgan fingerprint density at radius 3 is 2.26 bits per heavy atom. The highest BCUT2D eigenvalue weighted by molar-refractivity contribution is 5.97. The smallest absolute Gasteiger partial charge is 0.323 e. The standard InChI is InChI=1S/C27H42N2O5/c1-17(2)21-15-22(24(31)16-23(21)30)26(32)29-13-10-19(11-14-29)9-12-28-25(18(3)4)27(33)34-20-7-5-6-8-20/h15-20,25,28,30-31H,5-14H2,1-4H3/t25-/m0/s1. The minimum Gasteiger partial charge on any atom is -0.508 e.